The average Bonchev–Trinajstić information content (AvgIpc) is 2.25. The third-order valence-corrected chi connectivity index (χ3v) is 2.45. The molecule has 0 bridgehead atoms. The van der Waals surface area contributed by atoms with Crippen LogP contribution < -0.4 is 0 Å². The van der Waals surface area contributed by atoms with E-state index in [0.29, 0.717) is 5.56 Å². The van der Waals surface area contributed by atoms with Gasteiger partial charge in [0, 0.05) is 22.9 Å². The molecule has 0 aliphatic carbocycles. The van der Waals surface area contributed by atoms with Crippen molar-refractivity contribution in [2.45, 2.75) is 12.8 Å². The first kappa shape index (κ1) is 12.1. The summed E-state index contributed by atoms with van der Waals surface area (Å²) in [5, 5.41) is 8.49. The Hall–Kier alpha value is -1.000. The molecule has 4 heteroatoms. The van der Waals surface area contributed by atoms with E-state index in [0.717, 1.165) is 4.47 Å². The van der Waals surface area contributed by atoms with Crippen LogP contribution in [0.25, 0.3) is 0 Å². The molecule has 80 valence electrons. The topological polar surface area (TPSA) is 54.4 Å². The van der Waals surface area contributed by atoms with E-state index < -0.39 is 6.61 Å². The quantitative estimate of drug-likeness (QED) is 0.833. The Morgan fingerprint density at radius 1 is 1.27 bits per heavy atom. The fraction of sp³-hybridized carbons (Fsp3) is 0.273. The number of benzene rings is 1. The highest BCUT2D eigenvalue weighted by Gasteiger charge is 2.08. The molecular formula is C11H11BrO3. The van der Waals surface area contributed by atoms with Gasteiger partial charge in [-0.2, -0.15) is 0 Å². The van der Waals surface area contributed by atoms with Crippen LogP contribution in [0.1, 0.15) is 23.2 Å². The lowest BCUT2D eigenvalue weighted by atomic mass is 10.1. The number of aliphatic hydroxyl groups excluding tert-OH is 1. The van der Waals surface area contributed by atoms with E-state index in [4.69, 9.17) is 5.11 Å². The molecule has 0 atom stereocenters. The highest BCUT2D eigenvalue weighted by molar-refractivity contribution is 9.10. The molecule has 1 aromatic rings. The molecule has 0 fully saturated rings. The lowest BCUT2D eigenvalue weighted by molar-refractivity contribution is -0.121. The van der Waals surface area contributed by atoms with Gasteiger partial charge in [-0.15, -0.1) is 0 Å². The number of halogens is 1. The van der Waals surface area contributed by atoms with Gasteiger partial charge < -0.3 is 5.11 Å². The Morgan fingerprint density at radius 3 is 2.60 bits per heavy atom. The highest BCUT2D eigenvalue weighted by atomic mass is 79.9. The first-order valence-electron chi connectivity index (χ1n) is 4.55. The van der Waals surface area contributed by atoms with Gasteiger partial charge in [-0.3, -0.25) is 9.59 Å². The largest absolute Gasteiger partial charge is 0.389 e. The normalized spacial score (nSPS) is 10.0. The summed E-state index contributed by atoms with van der Waals surface area (Å²) >= 11 is 3.26. The molecule has 1 rings (SSSR count). The fourth-order valence-electron chi connectivity index (χ4n) is 1.14. The summed E-state index contributed by atoms with van der Waals surface area (Å²) in [5.74, 6) is -0.392. The maximum absolute atomic E-state index is 11.6. The number of carbonyl (C=O) groups excluding carboxylic acids is 2. The van der Waals surface area contributed by atoms with E-state index in [1.54, 1.807) is 18.2 Å². The summed E-state index contributed by atoms with van der Waals surface area (Å²) in [6.07, 6.45) is 0.248. The predicted molar refractivity (Wildman–Crippen MR) is 59.8 cm³/mol. The van der Waals surface area contributed by atoms with Crippen molar-refractivity contribution in [1.82, 2.24) is 0 Å². The Kier molecular flexibility index (Phi) is 4.65. The number of carbonyl (C=O) groups is 2. The minimum Gasteiger partial charge on any atom is -0.389 e. The van der Waals surface area contributed by atoms with E-state index in [1.807, 2.05) is 6.07 Å². The molecule has 0 heterocycles. The summed E-state index contributed by atoms with van der Waals surface area (Å²) in [6, 6.07) is 7.02. The summed E-state index contributed by atoms with van der Waals surface area (Å²) in [4.78, 5) is 22.4. The second-order valence-corrected chi connectivity index (χ2v) is 4.05. The first-order valence-corrected chi connectivity index (χ1v) is 5.34. The molecule has 0 saturated heterocycles. The van der Waals surface area contributed by atoms with Crippen molar-refractivity contribution in [2.24, 2.45) is 0 Å². The predicted octanol–water partition coefficient (Wildman–Crippen LogP) is 1.97. The van der Waals surface area contributed by atoms with Crippen LogP contribution in [0.5, 0.6) is 0 Å². The van der Waals surface area contributed by atoms with Crippen LogP contribution >= 0.6 is 15.9 Å². The summed E-state index contributed by atoms with van der Waals surface area (Å²) in [5.41, 5.74) is 0.579. The number of ketones is 2. The van der Waals surface area contributed by atoms with E-state index in [2.05, 4.69) is 15.9 Å². The number of hydrogen-bond donors (Lipinski definition) is 1. The Balaban J connectivity index is 2.58. The van der Waals surface area contributed by atoms with Gasteiger partial charge in [0.15, 0.2) is 11.6 Å². The number of Topliss-reactive ketones (excluding diaryl/α,β-unsaturated/α-hetero) is 2. The minimum absolute atomic E-state index is 0.0851. The zero-order valence-corrected chi connectivity index (χ0v) is 9.66. The lowest BCUT2D eigenvalue weighted by Gasteiger charge is -2.00. The van der Waals surface area contributed by atoms with Crippen LogP contribution in [0.4, 0.5) is 0 Å². The van der Waals surface area contributed by atoms with Gasteiger partial charge in [-0.1, -0.05) is 28.1 Å². The molecule has 0 radical (unpaired) electrons. The van der Waals surface area contributed by atoms with Gasteiger partial charge in [0.1, 0.15) is 6.61 Å². The van der Waals surface area contributed by atoms with Crippen molar-refractivity contribution < 1.29 is 14.7 Å². The van der Waals surface area contributed by atoms with Gasteiger partial charge in [-0.25, -0.2) is 0 Å². The van der Waals surface area contributed by atoms with E-state index in [-0.39, 0.29) is 24.4 Å². The average molecular weight is 271 g/mol. The zero-order valence-electron chi connectivity index (χ0n) is 8.07. The van der Waals surface area contributed by atoms with Crippen LogP contribution in [-0.2, 0) is 4.79 Å². The van der Waals surface area contributed by atoms with Crippen molar-refractivity contribution in [2.75, 3.05) is 6.61 Å². The maximum Gasteiger partial charge on any atom is 0.163 e. The van der Waals surface area contributed by atoms with Crippen molar-refractivity contribution >= 4 is 27.5 Å². The van der Waals surface area contributed by atoms with Crippen molar-refractivity contribution in [3.8, 4) is 0 Å². The van der Waals surface area contributed by atoms with Gasteiger partial charge in [-0.05, 0) is 12.1 Å². The third kappa shape index (κ3) is 3.93. The number of hydrogen-bond acceptors (Lipinski definition) is 3. The van der Waals surface area contributed by atoms with Crippen molar-refractivity contribution in [3.63, 3.8) is 0 Å². The number of aliphatic hydroxyl groups is 1. The standard InChI is InChI=1S/C11H11BrO3/c12-9-3-1-2-8(6-9)11(15)5-4-10(14)7-13/h1-3,6,13H,4-5,7H2. The lowest BCUT2D eigenvalue weighted by Crippen LogP contribution is -2.07. The van der Waals surface area contributed by atoms with Crippen molar-refractivity contribution in [3.05, 3.63) is 34.3 Å². The molecule has 15 heavy (non-hydrogen) atoms. The fourth-order valence-corrected chi connectivity index (χ4v) is 1.54. The molecule has 3 nitrogen and oxygen atoms in total. The monoisotopic (exact) mass is 270 g/mol. The Labute approximate surface area is 96.2 Å². The van der Waals surface area contributed by atoms with Gasteiger partial charge in [0.2, 0.25) is 0 Å². The van der Waals surface area contributed by atoms with Crippen LogP contribution in [-0.4, -0.2) is 23.3 Å². The van der Waals surface area contributed by atoms with E-state index >= 15 is 0 Å². The summed E-state index contributed by atoms with van der Waals surface area (Å²) in [7, 11) is 0. The molecule has 0 aliphatic heterocycles. The highest BCUT2D eigenvalue weighted by Crippen LogP contribution is 2.13. The molecule has 0 saturated carbocycles. The SMILES string of the molecule is O=C(CO)CCC(=O)c1cccc(Br)c1. The second kappa shape index (κ2) is 5.78. The molecular weight excluding hydrogens is 260 g/mol. The van der Waals surface area contributed by atoms with Gasteiger partial charge in [0.25, 0.3) is 0 Å². The van der Waals surface area contributed by atoms with Crippen LogP contribution in [0.2, 0.25) is 0 Å². The van der Waals surface area contributed by atoms with Crippen LogP contribution in [0, 0.1) is 0 Å². The van der Waals surface area contributed by atoms with Gasteiger partial charge in [0.05, 0.1) is 0 Å². The molecule has 0 amide bonds. The van der Waals surface area contributed by atoms with E-state index in [9.17, 15) is 9.59 Å². The summed E-state index contributed by atoms with van der Waals surface area (Å²) < 4.78 is 0.835. The third-order valence-electron chi connectivity index (χ3n) is 1.95. The molecule has 1 N–H and O–H groups in total. The zero-order chi connectivity index (χ0) is 11.3. The van der Waals surface area contributed by atoms with Crippen LogP contribution in [0.15, 0.2) is 28.7 Å². The molecule has 1 aromatic carbocycles. The first-order chi connectivity index (χ1) is 7.13. The maximum atomic E-state index is 11.6. The smallest absolute Gasteiger partial charge is 0.163 e. The molecule has 0 aromatic heterocycles. The van der Waals surface area contributed by atoms with Crippen LogP contribution in [0.3, 0.4) is 0 Å². The Bertz CT molecular complexity index is 374. The van der Waals surface area contributed by atoms with E-state index in [1.165, 1.54) is 0 Å². The summed E-state index contributed by atoms with van der Waals surface area (Å²) in [6.45, 7) is -0.494. The molecule has 0 spiro atoms. The van der Waals surface area contributed by atoms with Gasteiger partial charge >= 0.3 is 0 Å². The Morgan fingerprint density at radius 2 is 2.00 bits per heavy atom. The molecule has 0 aliphatic rings. The minimum atomic E-state index is -0.494. The molecule has 0 unspecified atom stereocenters. The second-order valence-electron chi connectivity index (χ2n) is 3.13. The van der Waals surface area contributed by atoms with Crippen molar-refractivity contribution in [1.29, 1.82) is 0 Å². The number of rotatable bonds is 5.